The molecule has 1 aliphatic heterocycles. The molecule has 0 radical (unpaired) electrons. The lowest BCUT2D eigenvalue weighted by Gasteiger charge is -2.22. The molecule has 22 heavy (non-hydrogen) atoms. The van der Waals surface area contributed by atoms with Gasteiger partial charge in [-0.1, -0.05) is 13.8 Å². The van der Waals surface area contributed by atoms with Gasteiger partial charge >= 0.3 is 12.1 Å². The SMILES string of the molecule is CCOC(=O)NC(=O)CN1C(=O)N[C@](C)(CCC(C)C)C1=O. The predicted octanol–water partition coefficient (Wildman–Crippen LogP) is 1.01. The van der Waals surface area contributed by atoms with Crippen molar-refractivity contribution in [2.24, 2.45) is 5.92 Å². The van der Waals surface area contributed by atoms with Crippen LogP contribution in [0.15, 0.2) is 0 Å². The van der Waals surface area contributed by atoms with Gasteiger partial charge in [0.1, 0.15) is 12.1 Å². The third kappa shape index (κ3) is 4.44. The van der Waals surface area contributed by atoms with E-state index < -0.39 is 36.0 Å². The number of amides is 5. The van der Waals surface area contributed by atoms with Crippen LogP contribution in [-0.2, 0) is 14.3 Å². The van der Waals surface area contributed by atoms with Gasteiger partial charge in [0.2, 0.25) is 5.91 Å². The molecule has 124 valence electrons. The van der Waals surface area contributed by atoms with Gasteiger partial charge in [0.15, 0.2) is 0 Å². The monoisotopic (exact) mass is 313 g/mol. The number of imide groups is 2. The summed E-state index contributed by atoms with van der Waals surface area (Å²) in [6.07, 6.45) is 0.360. The molecule has 8 nitrogen and oxygen atoms in total. The smallest absolute Gasteiger partial charge is 0.413 e. The van der Waals surface area contributed by atoms with Gasteiger partial charge in [0.05, 0.1) is 6.61 Å². The number of hydrogen-bond acceptors (Lipinski definition) is 5. The van der Waals surface area contributed by atoms with Crippen molar-refractivity contribution >= 4 is 23.9 Å². The Balaban J connectivity index is 2.64. The number of ether oxygens (including phenoxy) is 1. The average Bonchev–Trinajstić information content (AvgIpc) is 2.61. The van der Waals surface area contributed by atoms with E-state index in [2.05, 4.69) is 10.1 Å². The Morgan fingerprint density at radius 2 is 2.00 bits per heavy atom. The normalized spacial score (nSPS) is 21.0. The van der Waals surface area contributed by atoms with Crippen molar-refractivity contribution in [1.82, 2.24) is 15.5 Å². The molecule has 0 aromatic carbocycles. The molecular formula is C14H23N3O5. The van der Waals surface area contributed by atoms with E-state index in [4.69, 9.17) is 0 Å². The van der Waals surface area contributed by atoms with Crippen molar-refractivity contribution in [1.29, 1.82) is 0 Å². The summed E-state index contributed by atoms with van der Waals surface area (Å²) in [7, 11) is 0. The van der Waals surface area contributed by atoms with Gasteiger partial charge in [-0.05, 0) is 32.6 Å². The highest BCUT2D eigenvalue weighted by atomic mass is 16.5. The molecule has 1 atom stereocenters. The molecule has 1 fully saturated rings. The molecule has 1 aliphatic rings. The fourth-order valence-corrected chi connectivity index (χ4v) is 2.10. The number of nitrogens with zero attached hydrogens (tertiary/aromatic N) is 1. The molecule has 0 spiro atoms. The van der Waals surface area contributed by atoms with Crippen LogP contribution in [0.2, 0.25) is 0 Å². The Labute approximate surface area is 129 Å². The molecule has 8 heteroatoms. The van der Waals surface area contributed by atoms with E-state index in [0.717, 1.165) is 11.3 Å². The van der Waals surface area contributed by atoms with Gasteiger partial charge in [0.25, 0.3) is 5.91 Å². The van der Waals surface area contributed by atoms with E-state index in [1.165, 1.54) is 0 Å². The number of alkyl carbamates (subject to hydrolysis) is 1. The Morgan fingerprint density at radius 1 is 1.36 bits per heavy atom. The molecular weight excluding hydrogens is 290 g/mol. The Morgan fingerprint density at radius 3 is 2.55 bits per heavy atom. The van der Waals surface area contributed by atoms with Crippen LogP contribution in [0.5, 0.6) is 0 Å². The first-order valence-electron chi connectivity index (χ1n) is 7.30. The zero-order valence-electron chi connectivity index (χ0n) is 13.4. The van der Waals surface area contributed by atoms with Crippen LogP contribution in [0.3, 0.4) is 0 Å². The molecule has 0 aromatic heterocycles. The topological polar surface area (TPSA) is 105 Å². The molecule has 1 saturated heterocycles. The molecule has 5 amide bonds. The molecule has 0 aliphatic carbocycles. The maximum atomic E-state index is 12.3. The highest BCUT2D eigenvalue weighted by Crippen LogP contribution is 2.24. The molecule has 0 bridgehead atoms. The van der Waals surface area contributed by atoms with Gasteiger partial charge in [-0.3, -0.25) is 19.8 Å². The summed E-state index contributed by atoms with van der Waals surface area (Å²) in [4.78, 5) is 47.9. The van der Waals surface area contributed by atoms with Gasteiger partial charge in [-0.15, -0.1) is 0 Å². The highest BCUT2D eigenvalue weighted by Gasteiger charge is 2.47. The van der Waals surface area contributed by atoms with Crippen molar-refractivity contribution in [2.75, 3.05) is 13.2 Å². The van der Waals surface area contributed by atoms with E-state index in [-0.39, 0.29) is 6.61 Å². The van der Waals surface area contributed by atoms with E-state index in [1.807, 2.05) is 19.2 Å². The molecule has 0 saturated carbocycles. The van der Waals surface area contributed by atoms with Gasteiger partial charge in [-0.25, -0.2) is 9.59 Å². The number of nitrogens with one attached hydrogen (secondary N) is 2. The Bertz CT molecular complexity index is 477. The Hall–Kier alpha value is -2.12. The number of rotatable bonds is 6. The van der Waals surface area contributed by atoms with Crippen molar-refractivity contribution in [3.8, 4) is 0 Å². The number of carbonyl (C=O) groups excluding carboxylic acids is 4. The standard InChI is InChI=1S/C14H23N3O5/c1-5-22-13(21)15-10(18)8-17-11(19)14(4,16-12(17)20)7-6-9(2)3/h9H,5-8H2,1-4H3,(H,16,20)(H,15,18,21)/t14-/m1/s1. The lowest BCUT2D eigenvalue weighted by molar-refractivity contribution is -0.134. The molecule has 0 aromatic rings. The van der Waals surface area contributed by atoms with E-state index in [0.29, 0.717) is 12.3 Å². The van der Waals surface area contributed by atoms with Crippen molar-refractivity contribution in [3.63, 3.8) is 0 Å². The average molecular weight is 313 g/mol. The largest absolute Gasteiger partial charge is 0.450 e. The van der Waals surface area contributed by atoms with Crippen LogP contribution >= 0.6 is 0 Å². The van der Waals surface area contributed by atoms with Gasteiger partial charge in [-0.2, -0.15) is 0 Å². The summed E-state index contributed by atoms with van der Waals surface area (Å²) < 4.78 is 4.56. The first-order chi connectivity index (χ1) is 10.2. The summed E-state index contributed by atoms with van der Waals surface area (Å²) >= 11 is 0. The van der Waals surface area contributed by atoms with Crippen LogP contribution in [0, 0.1) is 5.92 Å². The summed E-state index contributed by atoms with van der Waals surface area (Å²) in [6, 6.07) is -0.629. The van der Waals surface area contributed by atoms with Crippen molar-refractivity contribution in [3.05, 3.63) is 0 Å². The maximum absolute atomic E-state index is 12.3. The van der Waals surface area contributed by atoms with Crippen LogP contribution in [0.4, 0.5) is 9.59 Å². The number of urea groups is 1. The van der Waals surface area contributed by atoms with Gasteiger partial charge in [0, 0.05) is 0 Å². The summed E-state index contributed by atoms with van der Waals surface area (Å²) in [5, 5.41) is 4.56. The second-order valence-corrected chi connectivity index (χ2v) is 5.85. The minimum atomic E-state index is -1.01. The molecule has 2 N–H and O–H groups in total. The summed E-state index contributed by atoms with van der Waals surface area (Å²) in [5.74, 6) is -0.838. The minimum Gasteiger partial charge on any atom is -0.450 e. The van der Waals surface area contributed by atoms with E-state index >= 15 is 0 Å². The molecule has 1 heterocycles. The summed E-state index contributed by atoms with van der Waals surface area (Å²) in [6.45, 7) is 6.89. The van der Waals surface area contributed by atoms with Gasteiger partial charge < -0.3 is 10.1 Å². The minimum absolute atomic E-state index is 0.121. The lowest BCUT2D eigenvalue weighted by Crippen LogP contribution is -2.46. The maximum Gasteiger partial charge on any atom is 0.413 e. The fourth-order valence-electron chi connectivity index (χ4n) is 2.10. The van der Waals surface area contributed by atoms with Crippen molar-refractivity contribution in [2.45, 2.75) is 46.1 Å². The fraction of sp³-hybridized carbons (Fsp3) is 0.714. The lowest BCUT2D eigenvalue weighted by atomic mass is 9.92. The first-order valence-corrected chi connectivity index (χ1v) is 7.30. The molecule has 1 rings (SSSR count). The number of carbonyl (C=O) groups is 4. The van der Waals surface area contributed by atoms with Crippen molar-refractivity contribution < 1.29 is 23.9 Å². The third-order valence-corrected chi connectivity index (χ3v) is 3.39. The zero-order chi connectivity index (χ0) is 16.9. The van der Waals surface area contributed by atoms with E-state index in [1.54, 1.807) is 13.8 Å². The quantitative estimate of drug-likeness (QED) is 0.712. The summed E-state index contributed by atoms with van der Waals surface area (Å²) in [5.41, 5.74) is -1.01. The highest BCUT2D eigenvalue weighted by molar-refractivity contribution is 6.09. The van der Waals surface area contributed by atoms with E-state index in [9.17, 15) is 19.2 Å². The second kappa shape index (κ2) is 7.24. The zero-order valence-corrected chi connectivity index (χ0v) is 13.4. The van der Waals surface area contributed by atoms with Crippen LogP contribution in [0.25, 0.3) is 0 Å². The Kier molecular flexibility index (Phi) is 5.90. The second-order valence-electron chi connectivity index (χ2n) is 5.85. The third-order valence-electron chi connectivity index (χ3n) is 3.39. The van der Waals surface area contributed by atoms with Crippen LogP contribution in [-0.4, -0.2) is 47.5 Å². The first kappa shape index (κ1) is 17.9. The van der Waals surface area contributed by atoms with Crippen LogP contribution in [0.1, 0.15) is 40.5 Å². The predicted molar refractivity (Wildman–Crippen MR) is 77.9 cm³/mol. The number of hydrogen-bond donors (Lipinski definition) is 2. The van der Waals surface area contributed by atoms with Crippen LogP contribution < -0.4 is 10.6 Å². The molecule has 0 unspecified atom stereocenters.